The van der Waals surface area contributed by atoms with E-state index in [4.69, 9.17) is 23.9 Å². The highest BCUT2D eigenvalue weighted by molar-refractivity contribution is 6.09. The fourth-order valence-corrected chi connectivity index (χ4v) is 6.54. The Balaban J connectivity index is 1.19. The molecule has 1 aliphatic heterocycles. The summed E-state index contributed by atoms with van der Waals surface area (Å²) in [6.07, 6.45) is 0. The number of para-hydroxylation sites is 3. The lowest BCUT2D eigenvalue weighted by atomic mass is 9.79. The summed E-state index contributed by atoms with van der Waals surface area (Å²) in [5.74, 6) is 3.84. The van der Waals surface area contributed by atoms with Crippen LogP contribution in [0.15, 0.2) is 132 Å². The molecule has 0 N–H and O–H groups in total. The zero-order valence-corrected chi connectivity index (χ0v) is 24.7. The lowest BCUT2D eigenvalue weighted by molar-refractivity contribution is 0.358. The van der Waals surface area contributed by atoms with Crippen LogP contribution in [0.1, 0.15) is 25.2 Å². The van der Waals surface area contributed by atoms with Gasteiger partial charge in [-0.15, -0.1) is 0 Å². The molecule has 216 valence electrons. The highest BCUT2D eigenvalue weighted by Crippen LogP contribution is 2.55. The molecule has 0 unspecified atom stereocenters. The molecule has 4 aromatic carbocycles. The maximum absolute atomic E-state index is 6.68. The van der Waals surface area contributed by atoms with Crippen molar-refractivity contribution in [3.8, 4) is 40.3 Å². The van der Waals surface area contributed by atoms with Crippen molar-refractivity contribution in [2.24, 2.45) is 0 Å². The van der Waals surface area contributed by atoms with Gasteiger partial charge < -0.3 is 13.9 Å². The van der Waals surface area contributed by atoms with Gasteiger partial charge in [0.25, 0.3) is 0 Å². The van der Waals surface area contributed by atoms with Gasteiger partial charge in [-0.1, -0.05) is 84.9 Å². The van der Waals surface area contributed by atoms with Crippen LogP contribution >= 0.6 is 0 Å². The van der Waals surface area contributed by atoms with Crippen LogP contribution in [-0.2, 0) is 5.41 Å². The lowest BCUT2D eigenvalue weighted by Gasteiger charge is -2.32. The van der Waals surface area contributed by atoms with E-state index in [1.54, 1.807) is 0 Å². The van der Waals surface area contributed by atoms with Gasteiger partial charge in [0, 0.05) is 34.0 Å². The summed E-state index contributed by atoms with van der Waals surface area (Å²) in [5, 5.41) is 3.30. The van der Waals surface area contributed by atoms with Crippen LogP contribution < -0.4 is 9.47 Å². The SMILES string of the molecule is CC1(C)c2cc(Oc3cccc(-n4c5ccccc5c5ccccc54)n3)nc(-c3ccccc3)c2Oc2c1oc1ccccc21. The fraction of sp³-hybridized carbons (Fsp3) is 0.0769. The number of fused-ring (bicyclic) bond motifs is 7. The van der Waals surface area contributed by atoms with Gasteiger partial charge in [0.2, 0.25) is 11.8 Å². The average molecular weight is 586 g/mol. The monoisotopic (exact) mass is 585 g/mol. The molecule has 45 heavy (non-hydrogen) atoms. The first-order valence-corrected chi connectivity index (χ1v) is 15.0. The molecule has 5 heterocycles. The minimum absolute atomic E-state index is 0.427. The molecule has 0 radical (unpaired) electrons. The van der Waals surface area contributed by atoms with Crippen molar-refractivity contribution in [2.75, 3.05) is 0 Å². The fourth-order valence-electron chi connectivity index (χ4n) is 6.54. The van der Waals surface area contributed by atoms with E-state index in [0.29, 0.717) is 23.2 Å². The van der Waals surface area contributed by atoms with E-state index in [-0.39, 0.29) is 0 Å². The molecule has 0 bridgehead atoms. The van der Waals surface area contributed by atoms with E-state index in [0.717, 1.165) is 50.5 Å². The number of hydrogen-bond acceptors (Lipinski definition) is 5. The summed E-state index contributed by atoms with van der Waals surface area (Å²) < 4.78 is 21.7. The van der Waals surface area contributed by atoms with Crippen molar-refractivity contribution < 1.29 is 13.9 Å². The van der Waals surface area contributed by atoms with Gasteiger partial charge in [-0.05, 0) is 44.2 Å². The Bertz CT molecular complexity index is 2370. The zero-order chi connectivity index (χ0) is 30.1. The van der Waals surface area contributed by atoms with Crippen LogP contribution in [-0.4, -0.2) is 14.5 Å². The normalized spacial score (nSPS) is 13.5. The smallest absolute Gasteiger partial charge is 0.223 e. The summed E-state index contributed by atoms with van der Waals surface area (Å²) in [7, 11) is 0. The third-order valence-electron chi connectivity index (χ3n) is 8.72. The van der Waals surface area contributed by atoms with Crippen molar-refractivity contribution in [3.05, 3.63) is 139 Å². The van der Waals surface area contributed by atoms with Gasteiger partial charge in [-0.2, -0.15) is 4.98 Å². The molecule has 0 atom stereocenters. The van der Waals surface area contributed by atoms with E-state index in [2.05, 4.69) is 66.9 Å². The molecule has 0 saturated carbocycles. The van der Waals surface area contributed by atoms with Gasteiger partial charge in [-0.3, -0.25) is 4.57 Å². The molecule has 1 aliphatic rings. The number of ether oxygens (including phenoxy) is 2. The van der Waals surface area contributed by atoms with Gasteiger partial charge in [0.15, 0.2) is 17.3 Å². The van der Waals surface area contributed by atoms with Crippen molar-refractivity contribution in [1.82, 2.24) is 14.5 Å². The van der Waals surface area contributed by atoms with Crippen LogP contribution in [0, 0.1) is 0 Å². The predicted molar refractivity (Wildman–Crippen MR) is 177 cm³/mol. The largest absolute Gasteiger partial charge is 0.456 e. The Morgan fingerprint density at radius 1 is 0.622 bits per heavy atom. The van der Waals surface area contributed by atoms with E-state index in [1.165, 1.54) is 10.8 Å². The first-order chi connectivity index (χ1) is 22.1. The lowest BCUT2D eigenvalue weighted by Crippen LogP contribution is -2.24. The summed E-state index contributed by atoms with van der Waals surface area (Å²) in [4.78, 5) is 10.00. The molecule has 0 fully saturated rings. The third-order valence-corrected chi connectivity index (χ3v) is 8.72. The van der Waals surface area contributed by atoms with Crippen LogP contribution in [0.3, 0.4) is 0 Å². The maximum Gasteiger partial charge on any atom is 0.223 e. The molecule has 0 amide bonds. The van der Waals surface area contributed by atoms with Crippen LogP contribution in [0.4, 0.5) is 0 Å². The topological polar surface area (TPSA) is 62.3 Å². The quantitative estimate of drug-likeness (QED) is 0.206. The molecule has 6 nitrogen and oxygen atoms in total. The molecule has 4 aromatic heterocycles. The second-order valence-corrected chi connectivity index (χ2v) is 11.8. The van der Waals surface area contributed by atoms with Crippen molar-refractivity contribution in [3.63, 3.8) is 0 Å². The van der Waals surface area contributed by atoms with E-state index in [9.17, 15) is 0 Å². The number of aromatic nitrogens is 3. The second-order valence-electron chi connectivity index (χ2n) is 11.8. The predicted octanol–water partition coefficient (Wildman–Crippen LogP) is 10.2. The highest BCUT2D eigenvalue weighted by atomic mass is 16.5. The number of pyridine rings is 2. The Labute approximate surface area is 259 Å². The molecule has 6 heteroatoms. The Hall–Kier alpha value is -5.88. The standard InChI is InChI=1S/C39H27N3O3/c1-39(2)28-23-34(41-35(24-13-4-3-5-14-24)37(28)45-36-27-17-8-11-20-31(27)43-38(36)39)44-33-22-12-21-32(40-33)42-29-18-9-6-15-25(29)26-16-7-10-19-30(26)42/h3-23H,1-2H3. The van der Waals surface area contributed by atoms with E-state index >= 15 is 0 Å². The summed E-state index contributed by atoms with van der Waals surface area (Å²) in [5.41, 5.74) is 5.00. The van der Waals surface area contributed by atoms with E-state index < -0.39 is 5.41 Å². The Kier molecular flexibility index (Phi) is 5.44. The minimum atomic E-state index is -0.523. The minimum Gasteiger partial charge on any atom is -0.456 e. The van der Waals surface area contributed by atoms with Gasteiger partial charge in [0.1, 0.15) is 17.1 Å². The number of hydrogen-bond donors (Lipinski definition) is 0. The highest BCUT2D eigenvalue weighted by Gasteiger charge is 2.41. The number of benzene rings is 4. The first kappa shape index (κ1) is 25.6. The molecule has 9 rings (SSSR count). The summed E-state index contributed by atoms with van der Waals surface area (Å²) in [6, 6.07) is 42.6. The average Bonchev–Trinajstić information content (AvgIpc) is 3.62. The maximum atomic E-state index is 6.68. The van der Waals surface area contributed by atoms with Crippen LogP contribution in [0.5, 0.6) is 23.3 Å². The second kappa shape index (κ2) is 9.56. The van der Waals surface area contributed by atoms with E-state index in [1.807, 2.05) is 78.9 Å². The van der Waals surface area contributed by atoms with Crippen LogP contribution in [0.2, 0.25) is 0 Å². The zero-order valence-electron chi connectivity index (χ0n) is 24.7. The van der Waals surface area contributed by atoms with Gasteiger partial charge >= 0.3 is 0 Å². The summed E-state index contributed by atoms with van der Waals surface area (Å²) >= 11 is 0. The molecule has 0 aliphatic carbocycles. The molecule has 0 spiro atoms. The number of nitrogens with zero attached hydrogens (tertiary/aromatic N) is 3. The van der Waals surface area contributed by atoms with Crippen molar-refractivity contribution >= 4 is 32.8 Å². The first-order valence-electron chi connectivity index (χ1n) is 15.0. The molecule has 0 saturated heterocycles. The van der Waals surface area contributed by atoms with Crippen LogP contribution in [0.25, 0.3) is 49.9 Å². The molecule has 8 aromatic rings. The van der Waals surface area contributed by atoms with Crippen molar-refractivity contribution in [2.45, 2.75) is 19.3 Å². The van der Waals surface area contributed by atoms with Crippen molar-refractivity contribution in [1.29, 1.82) is 0 Å². The molecular weight excluding hydrogens is 558 g/mol. The Morgan fingerprint density at radius 2 is 1.29 bits per heavy atom. The number of furan rings is 1. The van der Waals surface area contributed by atoms with Gasteiger partial charge in [-0.25, -0.2) is 4.98 Å². The summed E-state index contributed by atoms with van der Waals surface area (Å²) in [6.45, 7) is 4.30. The third kappa shape index (κ3) is 3.89. The Morgan fingerprint density at radius 3 is 2.04 bits per heavy atom. The molecular formula is C39H27N3O3. The van der Waals surface area contributed by atoms with Gasteiger partial charge in [0.05, 0.1) is 21.8 Å². The number of rotatable bonds is 4.